The molecule has 34 heavy (non-hydrogen) atoms. The molecule has 0 unspecified atom stereocenters. The highest BCUT2D eigenvalue weighted by Gasteiger charge is 2.36. The van der Waals surface area contributed by atoms with E-state index >= 15 is 0 Å². The Morgan fingerprint density at radius 3 is 2.32 bits per heavy atom. The van der Waals surface area contributed by atoms with Gasteiger partial charge in [-0.3, -0.25) is 4.79 Å². The van der Waals surface area contributed by atoms with Crippen molar-refractivity contribution in [2.45, 2.75) is 17.8 Å². The average molecular weight is 497 g/mol. The molecule has 5 nitrogen and oxygen atoms in total. The Bertz CT molecular complexity index is 1210. The monoisotopic (exact) mass is 497 g/mol. The van der Waals surface area contributed by atoms with E-state index < -0.39 is 35.6 Å². The third-order valence-corrected chi connectivity index (χ3v) is 5.22. The van der Waals surface area contributed by atoms with Gasteiger partial charge in [0.15, 0.2) is 0 Å². The summed E-state index contributed by atoms with van der Waals surface area (Å²) in [6.45, 7) is -3.07. The van der Waals surface area contributed by atoms with Crippen LogP contribution in [-0.4, -0.2) is 23.3 Å². The minimum Gasteiger partial charge on any atom is -0.435 e. The Kier molecular flexibility index (Phi) is 7.68. The quantitative estimate of drug-likeness (QED) is 0.315. The third-order valence-electron chi connectivity index (χ3n) is 4.25. The molecule has 176 valence electrons. The zero-order valence-corrected chi connectivity index (χ0v) is 17.7. The summed E-state index contributed by atoms with van der Waals surface area (Å²) < 4.78 is 82.8. The Morgan fingerprint density at radius 1 is 1.12 bits per heavy atom. The number of hydrogen-bond donors (Lipinski definition) is 1. The number of pyridine rings is 1. The second-order valence-corrected chi connectivity index (χ2v) is 7.56. The number of amides is 1. The summed E-state index contributed by atoms with van der Waals surface area (Å²) in [5, 5.41) is 11.5. The Hall–Kier alpha value is -3.72. The summed E-state index contributed by atoms with van der Waals surface area (Å²) in [4.78, 5) is 16.3. The van der Waals surface area contributed by atoms with Crippen LogP contribution in [0.3, 0.4) is 0 Å². The van der Waals surface area contributed by atoms with Crippen molar-refractivity contribution in [3.05, 3.63) is 71.5 Å². The molecule has 3 aromatic rings. The SMILES string of the molecule is N#Cc1c(C(F)(F)F)cc(-c2ccc(OC(F)F)cc2)nc1SCC(=O)Nc1ccc(F)cc1. The van der Waals surface area contributed by atoms with Crippen LogP contribution < -0.4 is 10.1 Å². The molecule has 1 aromatic heterocycles. The maximum absolute atomic E-state index is 13.6. The molecule has 0 fully saturated rings. The van der Waals surface area contributed by atoms with Crippen LogP contribution in [0.1, 0.15) is 11.1 Å². The maximum Gasteiger partial charge on any atom is 0.417 e. The molecule has 0 spiro atoms. The van der Waals surface area contributed by atoms with Crippen molar-refractivity contribution in [1.82, 2.24) is 4.98 Å². The van der Waals surface area contributed by atoms with Crippen molar-refractivity contribution in [2.24, 2.45) is 0 Å². The molecular weight excluding hydrogens is 484 g/mol. The number of carbonyl (C=O) groups is 1. The maximum atomic E-state index is 13.6. The molecule has 2 aromatic carbocycles. The first-order chi connectivity index (χ1) is 16.1. The number of nitriles is 1. The van der Waals surface area contributed by atoms with Crippen LogP contribution in [0.15, 0.2) is 59.6 Å². The lowest BCUT2D eigenvalue weighted by atomic mass is 10.1. The van der Waals surface area contributed by atoms with Crippen molar-refractivity contribution in [2.75, 3.05) is 11.1 Å². The van der Waals surface area contributed by atoms with E-state index in [1.165, 1.54) is 30.3 Å². The number of benzene rings is 2. The molecule has 12 heteroatoms. The number of ether oxygens (including phenoxy) is 1. The molecule has 0 saturated heterocycles. The zero-order valence-electron chi connectivity index (χ0n) is 16.9. The van der Waals surface area contributed by atoms with Gasteiger partial charge in [-0.1, -0.05) is 11.8 Å². The van der Waals surface area contributed by atoms with Gasteiger partial charge in [0.25, 0.3) is 0 Å². The highest BCUT2D eigenvalue weighted by Crippen LogP contribution is 2.38. The third kappa shape index (κ3) is 6.41. The number of anilines is 1. The number of thioether (sulfide) groups is 1. The number of aromatic nitrogens is 1. The van der Waals surface area contributed by atoms with Crippen LogP contribution in [-0.2, 0) is 11.0 Å². The van der Waals surface area contributed by atoms with Gasteiger partial charge in [-0.2, -0.15) is 27.2 Å². The molecule has 3 rings (SSSR count). The smallest absolute Gasteiger partial charge is 0.417 e. The molecule has 0 bridgehead atoms. The van der Waals surface area contributed by atoms with E-state index in [0.717, 1.165) is 24.3 Å². The van der Waals surface area contributed by atoms with E-state index in [4.69, 9.17) is 0 Å². The van der Waals surface area contributed by atoms with E-state index in [1.54, 1.807) is 0 Å². The van der Waals surface area contributed by atoms with Gasteiger partial charge in [-0.15, -0.1) is 0 Å². The van der Waals surface area contributed by atoms with Crippen LogP contribution in [0, 0.1) is 17.1 Å². The predicted octanol–water partition coefficient (Wildman–Crippen LogP) is 6.11. The van der Waals surface area contributed by atoms with E-state index in [2.05, 4.69) is 15.0 Å². The minimum absolute atomic E-state index is 0.147. The summed E-state index contributed by atoms with van der Waals surface area (Å²) in [7, 11) is 0. The number of halogens is 6. The molecule has 0 aliphatic heterocycles. The van der Waals surface area contributed by atoms with Gasteiger partial charge in [0.1, 0.15) is 22.7 Å². The predicted molar refractivity (Wildman–Crippen MR) is 112 cm³/mol. The molecule has 1 N–H and O–H groups in total. The molecule has 0 radical (unpaired) electrons. The Balaban J connectivity index is 1.90. The Labute approximate surface area is 193 Å². The van der Waals surface area contributed by atoms with Gasteiger partial charge in [-0.25, -0.2) is 9.37 Å². The summed E-state index contributed by atoms with van der Waals surface area (Å²) in [5.74, 6) is -1.72. The second-order valence-electron chi connectivity index (χ2n) is 6.59. The zero-order chi connectivity index (χ0) is 24.9. The highest BCUT2D eigenvalue weighted by molar-refractivity contribution is 8.00. The molecular formula is C22H13F6N3O2S. The number of carbonyl (C=O) groups excluding carboxylic acids is 1. The first kappa shape index (κ1) is 24.9. The normalized spacial score (nSPS) is 11.2. The van der Waals surface area contributed by atoms with Gasteiger partial charge in [0.2, 0.25) is 5.91 Å². The number of alkyl halides is 5. The van der Waals surface area contributed by atoms with Crippen LogP contribution in [0.5, 0.6) is 5.75 Å². The number of nitrogens with zero attached hydrogens (tertiary/aromatic N) is 2. The van der Waals surface area contributed by atoms with Crippen molar-refractivity contribution in [3.63, 3.8) is 0 Å². The molecule has 0 aliphatic rings. The van der Waals surface area contributed by atoms with Crippen molar-refractivity contribution < 1.29 is 35.9 Å². The minimum atomic E-state index is -4.90. The molecule has 1 amide bonds. The number of hydrogen-bond acceptors (Lipinski definition) is 5. The number of nitrogens with one attached hydrogen (secondary N) is 1. The van der Waals surface area contributed by atoms with Crippen molar-refractivity contribution in [3.8, 4) is 23.1 Å². The molecule has 0 aliphatic carbocycles. The largest absolute Gasteiger partial charge is 0.435 e. The fourth-order valence-electron chi connectivity index (χ4n) is 2.78. The molecule has 0 saturated carbocycles. The van der Waals surface area contributed by atoms with E-state index in [-0.39, 0.29) is 33.5 Å². The lowest BCUT2D eigenvalue weighted by Gasteiger charge is -2.14. The first-order valence-corrected chi connectivity index (χ1v) is 10.3. The fraction of sp³-hybridized carbons (Fsp3) is 0.136. The highest BCUT2D eigenvalue weighted by atomic mass is 32.2. The van der Waals surface area contributed by atoms with E-state index in [1.807, 2.05) is 0 Å². The lowest BCUT2D eigenvalue weighted by molar-refractivity contribution is -0.138. The number of rotatable bonds is 7. The van der Waals surface area contributed by atoms with Gasteiger partial charge >= 0.3 is 12.8 Å². The second kappa shape index (κ2) is 10.5. The first-order valence-electron chi connectivity index (χ1n) is 9.32. The average Bonchev–Trinajstić information content (AvgIpc) is 2.78. The summed E-state index contributed by atoms with van der Waals surface area (Å²) in [6.07, 6.45) is -4.90. The summed E-state index contributed by atoms with van der Waals surface area (Å²) in [6, 6.07) is 11.8. The molecule has 0 atom stereocenters. The van der Waals surface area contributed by atoms with Gasteiger partial charge in [0, 0.05) is 11.3 Å². The summed E-state index contributed by atoms with van der Waals surface area (Å²) in [5.41, 5.74) is -1.77. The van der Waals surface area contributed by atoms with E-state index in [0.29, 0.717) is 17.8 Å². The Morgan fingerprint density at radius 2 is 1.76 bits per heavy atom. The lowest BCUT2D eigenvalue weighted by Crippen LogP contribution is -2.15. The summed E-state index contributed by atoms with van der Waals surface area (Å²) >= 11 is 0.609. The van der Waals surface area contributed by atoms with Crippen LogP contribution in [0.2, 0.25) is 0 Å². The van der Waals surface area contributed by atoms with Crippen molar-refractivity contribution in [1.29, 1.82) is 5.26 Å². The van der Waals surface area contributed by atoms with Crippen LogP contribution in [0.25, 0.3) is 11.3 Å². The fourth-order valence-corrected chi connectivity index (χ4v) is 3.58. The topological polar surface area (TPSA) is 75.0 Å². The van der Waals surface area contributed by atoms with Crippen molar-refractivity contribution >= 4 is 23.4 Å². The van der Waals surface area contributed by atoms with Gasteiger partial charge in [-0.05, 0) is 54.6 Å². The van der Waals surface area contributed by atoms with Crippen LogP contribution in [0.4, 0.5) is 32.0 Å². The van der Waals surface area contributed by atoms with Gasteiger partial charge in [0.05, 0.1) is 22.6 Å². The standard InChI is InChI=1S/C22H13F6N3O2S/c23-13-3-5-14(6-4-13)30-19(32)11-34-20-16(10-29)17(22(26,27)28)9-18(31-20)12-1-7-15(8-2-12)33-21(24)25/h1-9,21H,11H2,(H,30,32). The van der Waals surface area contributed by atoms with Gasteiger partial charge < -0.3 is 10.1 Å². The molecule has 1 heterocycles. The van der Waals surface area contributed by atoms with Crippen LogP contribution >= 0.6 is 11.8 Å². The van der Waals surface area contributed by atoms with E-state index in [9.17, 15) is 36.4 Å².